The van der Waals surface area contributed by atoms with Gasteiger partial charge in [0.25, 0.3) is 0 Å². The Kier molecular flexibility index (Phi) is 6.63. The van der Waals surface area contributed by atoms with Gasteiger partial charge < -0.3 is 19.9 Å². The average Bonchev–Trinajstić information content (AvgIpc) is 2.29. The van der Waals surface area contributed by atoms with Gasteiger partial charge in [-0.2, -0.15) is 15.0 Å². The van der Waals surface area contributed by atoms with Crippen LogP contribution in [0.4, 0.5) is 5.95 Å². The molecule has 102 valence electrons. The Balaban J connectivity index is 2.74. The van der Waals surface area contributed by atoms with Gasteiger partial charge in [-0.3, -0.25) is 0 Å². The first-order valence-electron chi connectivity index (χ1n) is 5.60. The lowest BCUT2D eigenvalue weighted by Crippen LogP contribution is -2.27. The Labute approximate surface area is 111 Å². The van der Waals surface area contributed by atoms with Gasteiger partial charge in [0.15, 0.2) is 0 Å². The first-order chi connectivity index (χ1) is 8.69. The third-order valence-corrected chi connectivity index (χ3v) is 2.21. The summed E-state index contributed by atoms with van der Waals surface area (Å²) in [5.74, 6) is 0.300. The molecule has 0 aliphatic rings. The fourth-order valence-corrected chi connectivity index (χ4v) is 1.48. The standard InChI is InChI=1S/C10H17ClN4O3/c1-3-18-10-14-8(11)13-9(15-10)12-7(4-5-16)6-17-2/h7,16H,3-6H2,1-2H3,(H,12,13,14,15). The Morgan fingerprint density at radius 2 is 2.17 bits per heavy atom. The van der Waals surface area contributed by atoms with Crippen molar-refractivity contribution in [3.05, 3.63) is 5.28 Å². The molecule has 8 heteroatoms. The molecule has 1 aromatic heterocycles. The number of methoxy groups -OCH3 is 1. The molecule has 1 aromatic rings. The lowest BCUT2D eigenvalue weighted by molar-refractivity contribution is 0.170. The zero-order valence-electron chi connectivity index (χ0n) is 10.4. The number of ether oxygens (including phenoxy) is 2. The lowest BCUT2D eigenvalue weighted by atomic mass is 10.2. The summed E-state index contributed by atoms with van der Waals surface area (Å²) in [7, 11) is 1.58. The van der Waals surface area contributed by atoms with Crippen molar-refractivity contribution in [3.63, 3.8) is 0 Å². The molecule has 1 atom stereocenters. The molecule has 1 unspecified atom stereocenters. The van der Waals surface area contributed by atoms with Crippen LogP contribution < -0.4 is 10.1 Å². The summed E-state index contributed by atoms with van der Waals surface area (Å²) < 4.78 is 10.2. The molecule has 0 aromatic carbocycles. The minimum atomic E-state index is -0.104. The van der Waals surface area contributed by atoms with Crippen LogP contribution in [0.15, 0.2) is 0 Å². The second-order valence-electron chi connectivity index (χ2n) is 3.45. The smallest absolute Gasteiger partial charge is 0.322 e. The molecule has 1 rings (SSSR count). The van der Waals surface area contributed by atoms with Gasteiger partial charge in [0, 0.05) is 13.7 Å². The Bertz CT molecular complexity index is 361. The van der Waals surface area contributed by atoms with E-state index in [2.05, 4.69) is 20.3 Å². The summed E-state index contributed by atoms with van der Waals surface area (Å²) in [6.45, 7) is 2.73. The normalized spacial score (nSPS) is 12.2. The van der Waals surface area contributed by atoms with Gasteiger partial charge in [0.1, 0.15) is 0 Å². The fourth-order valence-electron chi connectivity index (χ4n) is 1.33. The molecule has 18 heavy (non-hydrogen) atoms. The first kappa shape index (κ1) is 14.9. The second kappa shape index (κ2) is 8.02. The number of rotatable bonds is 8. The van der Waals surface area contributed by atoms with Crippen LogP contribution in [0.3, 0.4) is 0 Å². The first-order valence-corrected chi connectivity index (χ1v) is 5.98. The van der Waals surface area contributed by atoms with E-state index < -0.39 is 0 Å². The highest BCUT2D eigenvalue weighted by atomic mass is 35.5. The summed E-state index contributed by atoms with van der Waals surface area (Å²) in [6.07, 6.45) is 0.515. The molecule has 0 fully saturated rings. The average molecular weight is 277 g/mol. The van der Waals surface area contributed by atoms with E-state index in [4.69, 9.17) is 26.2 Å². The van der Waals surface area contributed by atoms with Gasteiger partial charge in [-0.15, -0.1) is 0 Å². The van der Waals surface area contributed by atoms with Crippen molar-refractivity contribution < 1.29 is 14.6 Å². The van der Waals surface area contributed by atoms with Crippen molar-refractivity contribution in [3.8, 4) is 6.01 Å². The van der Waals surface area contributed by atoms with Crippen molar-refractivity contribution in [2.75, 3.05) is 32.2 Å². The highest BCUT2D eigenvalue weighted by Gasteiger charge is 2.12. The molecule has 0 amide bonds. The van der Waals surface area contributed by atoms with Crippen molar-refractivity contribution in [1.82, 2.24) is 15.0 Å². The third-order valence-electron chi connectivity index (χ3n) is 2.04. The number of hydrogen-bond acceptors (Lipinski definition) is 7. The van der Waals surface area contributed by atoms with E-state index in [1.165, 1.54) is 0 Å². The largest absolute Gasteiger partial charge is 0.464 e. The van der Waals surface area contributed by atoms with E-state index in [-0.39, 0.29) is 23.9 Å². The molecule has 0 saturated carbocycles. The summed E-state index contributed by atoms with van der Waals surface area (Å²) in [6, 6.07) is 0.0631. The maximum absolute atomic E-state index is 8.94. The van der Waals surface area contributed by atoms with Crippen molar-refractivity contribution in [2.24, 2.45) is 0 Å². The SMILES string of the molecule is CCOc1nc(Cl)nc(NC(CCO)COC)n1. The topological polar surface area (TPSA) is 89.4 Å². The molecular formula is C10H17ClN4O3. The van der Waals surface area contributed by atoms with Crippen LogP contribution in [0.25, 0.3) is 0 Å². The van der Waals surface area contributed by atoms with Crippen molar-refractivity contribution >= 4 is 17.5 Å². The Hall–Kier alpha value is -1.18. The van der Waals surface area contributed by atoms with Gasteiger partial charge in [0.05, 0.1) is 19.3 Å². The number of anilines is 1. The number of nitrogens with one attached hydrogen (secondary N) is 1. The van der Waals surface area contributed by atoms with E-state index in [1.54, 1.807) is 7.11 Å². The van der Waals surface area contributed by atoms with Crippen LogP contribution in [0.1, 0.15) is 13.3 Å². The van der Waals surface area contributed by atoms with Gasteiger partial charge in [-0.05, 0) is 24.9 Å². The van der Waals surface area contributed by atoms with Gasteiger partial charge in [0.2, 0.25) is 11.2 Å². The van der Waals surface area contributed by atoms with Crippen LogP contribution in [0, 0.1) is 0 Å². The summed E-state index contributed by atoms with van der Waals surface area (Å²) in [5.41, 5.74) is 0. The molecule has 0 bridgehead atoms. The van der Waals surface area contributed by atoms with E-state index in [0.717, 1.165) is 0 Å². The predicted molar refractivity (Wildman–Crippen MR) is 67.0 cm³/mol. The van der Waals surface area contributed by atoms with E-state index in [0.29, 0.717) is 25.6 Å². The number of aromatic nitrogens is 3. The number of nitrogens with zero attached hydrogens (tertiary/aromatic N) is 3. The molecule has 0 saturated heterocycles. The molecule has 0 spiro atoms. The monoisotopic (exact) mass is 276 g/mol. The molecule has 0 aliphatic heterocycles. The van der Waals surface area contributed by atoms with E-state index in [9.17, 15) is 0 Å². The number of aliphatic hydroxyl groups is 1. The quantitative estimate of drug-likeness (QED) is 0.723. The van der Waals surface area contributed by atoms with Crippen molar-refractivity contribution in [2.45, 2.75) is 19.4 Å². The van der Waals surface area contributed by atoms with Crippen LogP contribution in [0.2, 0.25) is 5.28 Å². The summed E-state index contributed by atoms with van der Waals surface area (Å²) in [5, 5.41) is 12.0. The van der Waals surface area contributed by atoms with E-state index >= 15 is 0 Å². The fraction of sp³-hybridized carbons (Fsp3) is 0.700. The minimum absolute atomic E-state index is 0.0398. The predicted octanol–water partition coefficient (Wildman–Crippen LogP) is 0.733. The molecule has 2 N–H and O–H groups in total. The molecule has 0 aliphatic carbocycles. The van der Waals surface area contributed by atoms with Crippen LogP contribution >= 0.6 is 11.6 Å². The molecule has 7 nitrogen and oxygen atoms in total. The van der Waals surface area contributed by atoms with Crippen molar-refractivity contribution in [1.29, 1.82) is 0 Å². The van der Waals surface area contributed by atoms with Gasteiger partial charge in [-0.25, -0.2) is 0 Å². The Morgan fingerprint density at radius 1 is 1.39 bits per heavy atom. The Morgan fingerprint density at radius 3 is 2.78 bits per heavy atom. The highest BCUT2D eigenvalue weighted by Crippen LogP contribution is 2.12. The summed E-state index contributed by atoms with van der Waals surface area (Å²) >= 11 is 5.76. The molecular weight excluding hydrogens is 260 g/mol. The maximum atomic E-state index is 8.94. The van der Waals surface area contributed by atoms with Gasteiger partial charge >= 0.3 is 6.01 Å². The number of hydrogen-bond donors (Lipinski definition) is 2. The number of aliphatic hydroxyl groups excluding tert-OH is 1. The number of halogens is 1. The zero-order valence-corrected chi connectivity index (χ0v) is 11.1. The zero-order chi connectivity index (χ0) is 13.4. The molecule has 1 heterocycles. The minimum Gasteiger partial charge on any atom is -0.464 e. The van der Waals surface area contributed by atoms with Crippen LogP contribution in [-0.4, -0.2) is 53.0 Å². The molecule has 0 radical (unpaired) electrons. The second-order valence-corrected chi connectivity index (χ2v) is 3.79. The van der Waals surface area contributed by atoms with Crippen LogP contribution in [0.5, 0.6) is 6.01 Å². The third kappa shape index (κ3) is 4.99. The van der Waals surface area contributed by atoms with Gasteiger partial charge in [-0.1, -0.05) is 0 Å². The van der Waals surface area contributed by atoms with E-state index in [1.807, 2.05) is 6.92 Å². The highest BCUT2D eigenvalue weighted by molar-refractivity contribution is 6.28. The van der Waals surface area contributed by atoms with Crippen LogP contribution in [-0.2, 0) is 4.74 Å². The maximum Gasteiger partial charge on any atom is 0.322 e. The lowest BCUT2D eigenvalue weighted by Gasteiger charge is -2.16. The summed E-state index contributed by atoms with van der Waals surface area (Å²) in [4.78, 5) is 11.8.